The molecule has 0 spiro atoms. The van der Waals surface area contributed by atoms with Crippen molar-refractivity contribution in [3.63, 3.8) is 0 Å². The van der Waals surface area contributed by atoms with Gasteiger partial charge in [0, 0.05) is 22.9 Å². The summed E-state index contributed by atoms with van der Waals surface area (Å²) >= 11 is 3.22. The maximum atomic E-state index is 13.5. The number of aromatic nitrogens is 1. The molecule has 0 aliphatic carbocycles. The molecule has 0 saturated carbocycles. The molecule has 1 aromatic heterocycles. The zero-order valence-corrected chi connectivity index (χ0v) is 12.3. The Morgan fingerprint density at radius 1 is 1.37 bits per heavy atom. The van der Waals surface area contributed by atoms with Crippen LogP contribution >= 0.6 is 15.9 Å². The van der Waals surface area contributed by atoms with Gasteiger partial charge >= 0.3 is 0 Å². The minimum absolute atomic E-state index is 0.0420. The van der Waals surface area contributed by atoms with Crippen molar-refractivity contribution < 1.29 is 9.18 Å². The van der Waals surface area contributed by atoms with Crippen molar-refractivity contribution in [2.45, 2.75) is 13.5 Å². The molecule has 0 aliphatic heterocycles. The van der Waals surface area contributed by atoms with Gasteiger partial charge in [0.25, 0.3) is 5.91 Å². The van der Waals surface area contributed by atoms with Gasteiger partial charge in [0.15, 0.2) is 0 Å². The zero-order valence-electron chi connectivity index (χ0n) is 10.7. The van der Waals surface area contributed by atoms with Crippen molar-refractivity contribution in [3.05, 3.63) is 57.6 Å². The fourth-order valence-electron chi connectivity index (χ4n) is 1.78. The lowest BCUT2D eigenvalue weighted by Gasteiger charge is -2.08. The molecule has 0 bridgehead atoms. The predicted octanol–water partition coefficient (Wildman–Crippen LogP) is 3.17. The van der Waals surface area contributed by atoms with Crippen LogP contribution < -0.4 is 5.32 Å². The molecule has 0 radical (unpaired) electrons. The van der Waals surface area contributed by atoms with Crippen molar-refractivity contribution in [2.75, 3.05) is 0 Å². The quantitative estimate of drug-likeness (QED) is 0.924. The van der Waals surface area contributed by atoms with Crippen molar-refractivity contribution >= 4 is 21.8 Å². The summed E-state index contributed by atoms with van der Waals surface area (Å²) in [5.41, 5.74) is 2.12. The van der Waals surface area contributed by atoms with Crippen LogP contribution in [0.5, 0.6) is 0 Å². The molecule has 2 aromatic rings. The van der Waals surface area contributed by atoms with Crippen LogP contribution in [0.25, 0.3) is 0 Å². The molecule has 0 fully saturated rings. The first kappa shape index (κ1) is 13.8. The second-order valence-corrected chi connectivity index (χ2v) is 5.25. The summed E-state index contributed by atoms with van der Waals surface area (Å²) in [6, 6.07) is 8.22. The first-order chi connectivity index (χ1) is 8.99. The summed E-state index contributed by atoms with van der Waals surface area (Å²) in [4.78, 5) is 11.9. The van der Waals surface area contributed by atoms with Gasteiger partial charge in [-0.25, -0.2) is 4.39 Å². The second-order valence-electron chi connectivity index (χ2n) is 4.33. The number of halogens is 2. The van der Waals surface area contributed by atoms with E-state index in [0.29, 0.717) is 11.0 Å². The lowest BCUT2D eigenvalue weighted by atomic mass is 10.2. The van der Waals surface area contributed by atoms with Crippen LogP contribution in [0.3, 0.4) is 0 Å². The van der Waals surface area contributed by atoms with E-state index in [0.717, 1.165) is 11.4 Å². The standard InChI is InChI=1S/C14H14BrFN2O/c1-9-3-5-11(18(9)2)8-17-14(19)12-7-10(15)4-6-13(12)16/h3-7H,8H2,1-2H3,(H,17,19). The van der Waals surface area contributed by atoms with Gasteiger partial charge in [0.05, 0.1) is 12.1 Å². The second kappa shape index (κ2) is 5.57. The van der Waals surface area contributed by atoms with Gasteiger partial charge in [-0.2, -0.15) is 0 Å². The van der Waals surface area contributed by atoms with Crippen molar-refractivity contribution in [1.82, 2.24) is 9.88 Å². The van der Waals surface area contributed by atoms with Gasteiger partial charge in [-0.05, 0) is 37.3 Å². The molecular formula is C14H14BrFN2O. The SMILES string of the molecule is Cc1ccc(CNC(=O)c2cc(Br)ccc2F)n1C. The first-order valence-electron chi connectivity index (χ1n) is 5.83. The molecule has 1 amide bonds. The number of carbonyl (C=O) groups excluding carboxylic acids is 1. The van der Waals surface area contributed by atoms with Crippen molar-refractivity contribution in [2.24, 2.45) is 7.05 Å². The third-order valence-corrected chi connectivity index (χ3v) is 3.57. The average molecular weight is 325 g/mol. The highest BCUT2D eigenvalue weighted by Gasteiger charge is 2.12. The summed E-state index contributed by atoms with van der Waals surface area (Å²) in [6.45, 7) is 2.36. The summed E-state index contributed by atoms with van der Waals surface area (Å²) in [5.74, 6) is -0.943. The van der Waals surface area contributed by atoms with E-state index in [1.54, 1.807) is 6.07 Å². The Balaban J connectivity index is 2.09. The van der Waals surface area contributed by atoms with E-state index in [1.807, 2.05) is 30.7 Å². The number of nitrogens with zero attached hydrogens (tertiary/aromatic N) is 1. The summed E-state index contributed by atoms with van der Waals surface area (Å²) in [6.07, 6.45) is 0. The molecule has 1 N–H and O–H groups in total. The van der Waals surface area contributed by atoms with Gasteiger partial charge in [-0.1, -0.05) is 15.9 Å². The van der Waals surface area contributed by atoms with Crippen molar-refractivity contribution in [3.8, 4) is 0 Å². The van der Waals surface area contributed by atoms with E-state index in [1.165, 1.54) is 12.1 Å². The Morgan fingerprint density at radius 3 is 2.74 bits per heavy atom. The molecule has 19 heavy (non-hydrogen) atoms. The Kier molecular flexibility index (Phi) is 4.04. The Morgan fingerprint density at radius 2 is 2.11 bits per heavy atom. The number of amides is 1. The summed E-state index contributed by atoms with van der Waals surface area (Å²) in [7, 11) is 1.93. The number of carbonyl (C=O) groups is 1. The van der Waals surface area contributed by atoms with Crippen LogP contribution in [0.4, 0.5) is 4.39 Å². The Labute approximate surface area is 119 Å². The van der Waals surface area contributed by atoms with E-state index >= 15 is 0 Å². The molecule has 0 aliphatic rings. The van der Waals surface area contributed by atoms with Crippen LogP contribution in [0.1, 0.15) is 21.7 Å². The Bertz CT molecular complexity index is 622. The van der Waals surface area contributed by atoms with E-state index in [9.17, 15) is 9.18 Å². The predicted molar refractivity (Wildman–Crippen MR) is 75.4 cm³/mol. The highest BCUT2D eigenvalue weighted by Crippen LogP contribution is 2.15. The topological polar surface area (TPSA) is 34.0 Å². The smallest absolute Gasteiger partial charge is 0.254 e. The molecular weight excluding hydrogens is 311 g/mol. The lowest BCUT2D eigenvalue weighted by molar-refractivity contribution is 0.0946. The Hall–Kier alpha value is -1.62. The number of benzene rings is 1. The highest BCUT2D eigenvalue weighted by molar-refractivity contribution is 9.10. The van der Waals surface area contributed by atoms with Gasteiger partial charge < -0.3 is 9.88 Å². The average Bonchev–Trinajstić information content (AvgIpc) is 2.70. The minimum atomic E-state index is -0.524. The maximum Gasteiger partial charge on any atom is 0.254 e. The maximum absolute atomic E-state index is 13.5. The number of hydrogen-bond donors (Lipinski definition) is 1. The van der Waals surface area contributed by atoms with Crippen molar-refractivity contribution in [1.29, 1.82) is 0 Å². The lowest BCUT2D eigenvalue weighted by Crippen LogP contribution is -2.25. The highest BCUT2D eigenvalue weighted by atomic mass is 79.9. The van der Waals surface area contributed by atoms with E-state index in [2.05, 4.69) is 21.2 Å². The summed E-state index contributed by atoms with van der Waals surface area (Å²) < 4.78 is 16.2. The molecule has 0 atom stereocenters. The number of hydrogen-bond acceptors (Lipinski definition) is 1. The fourth-order valence-corrected chi connectivity index (χ4v) is 2.14. The van der Waals surface area contributed by atoms with E-state index < -0.39 is 11.7 Å². The van der Waals surface area contributed by atoms with Crippen LogP contribution in [-0.2, 0) is 13.6 Å². The third-order valence-electron chi connectivity index (χ3n) is 3.08. The molecule has 3 nitrogen and oxygen atoms in total. The van der Waals surface area contributed by atoms with Crippen LogP contribution in [0.15, 0.2) is 34.8 Å². The van der Waals surface area contributed by atoms with Gasteiger partial charge in [-0.15, -0.1) is 0 Å². The largest absolute Gasteiger partial charge is 0.350 e. The van der Waals surface area contributed by atoms with Gasteiger partial charge in [0.2, 0.25) is 0 Å². The zero-order chi connectivity index (χ0) is 14.0. The third kappa shape index (κ3) is 3.04. The van der Waals surface area contributed by atoms with Gasteiger partial charge in [0.1, 0.15) is 5.82 Å². The number of nitrogens with one attached hydrogen (secondary N) is 1. The summed E-state index contributed by atoms with van der Waals surface area (Å²) in [5, 5.41) is 2.72. The molecule has 0 unspecified atom stereocenters. The monoisotopic (exact) mass is 324 g/mol. The molecule has 0 saturated heterocycles. The van der Waals surface area contributed by atoms with Gasteiger partial charge in [-0.3, -0.25) is 4.79 Å². The number of aryl methyl sites for hydroxylation is 1. The van der Waals surface area contributed by atoms with E-state index in [-0.39, 0.29) is 5.56 Å². The van der Waals surface area contributed by atoms with Crippen LogP contribution in [-0.4, -0.2) is 10.5 Å². The van der Waals surface area contributed by atoms with Crippen LogP contribution in [0.2, 0.25) is 0 Å². The minimum Gasteiger partial charge on any atom is -0.350 e. The first-order valence-corrected chi connectivity index (χ1v) is 6.63. The molecule has 1 heterocycles. The normalized spacial score (nSPS) is 10.5. The molecule has 1 aromatic carbocycles. The van der Waals surface area contributed by atoms with E-state index in [4.69, 9.17) is 0 Å². The molecule has 5 heteroatoms. The molecule has 100 valence electrons. The fraction of sp³-hybridized carbons (Fsp3) is 0.214. The molecule has 2 rings (SSSR count). The van der Waals surface area contributed by atoms with Crippen LogP contribution in [0, 0.1) is 12.7 Å². The number of rotatable bonds is 3.